The third kappa shape index (κ3) is 3.70. The van der Waals surface area contributed by atoms with Gasteiger partial charge in [0.05, 0.1) is 15.5 Å². The molecular weight excluding hydrogens is 294 g/mol. The monoisotopic (exact) mass is 305 g/mol. The number of anilines is 1. The molecule has 108 valence electrons. The van der Waals surface area contributed by atoms with Crippen LogP contribution >= 0.6 is 11.6 Å². The van der Waals surface area contributed by atoms with Crippen LogP contribution in [0.1, 0.15) is 15.9 Å². The summed E-state index contributed by atoms with van der Waals surface area (Å²) in [4.78, 5) is 21.3. The van der Waals surface area contributed by atoms with Crippen LogP contribution in [0.2, 0.25) is 5.02 Å². The third-order valence-electron chi connectivity index (χ3n) is 2.85. The number of hydrogen-bond donors (Lipinski definition) is 2. The predicted molar refractivity (Wildman–Crippen MR) is 80.4 cm³/mol. The smallest absolute Gasteiger partial charge is 0.269 e. The second-order valence-corrected chi connectivity index (χ2v) is 4.75. The Kier molecular flexibility index (Phi) is 4.39. The minimum absolute atomic E-state index is 0.0383. The van der Waals surface area contributed by atoms with Gasteiger partial charge in [-0.05, 0) is 23.8 Å². The van der Waals surface area contributed by atoms with E-state index in [0.717, 1.165) is 5.56 Å². The van der Waals surface area contributed by atoms with Crippen molar-refractivity contribution in [3.8, 4) is 0 Å². The van der Waals surface area contributed by atoms with Crippen molar-refractivity contribution in [3.63, 3.8) is 0 Å². The predicted octanol–water partition coefficient (Wildman–Crippen LogP) is 2.96. The molecule has 0 atom stereocenters. The molecule has 6 nitrogen and oxygen atoms in total. The fourth-order valence-corrected chi connectivity index (χ4v) is 2.08. The van der Waals surface area contributed by atoms with Crippen molar-refractivity contribution in [2.24, 2.45) is 5.73 Å². The summed E-state index contributed by atoms with van der Waals surface area (Å²) in [5, 5.41) is 14.0. The Labute approximate surface area is 125 Å². The SMILES string of the molecule is NC(=O)c1ccc(NCc2cccc([N+](=O)[O-])c2)cc1Cl. The Bertz CT molecular complexity index is 704. The highest BCUT2D eigenvalue weighted by molar-refractivity contribution is 6.34. The van der Waals surface area contributed by atoms with E-state index in [1.807, 2.05) is 0 Å². The van der Waals surface area contributed by atoms with E-state index in [1.54, 1.807) is 24.3 Å². The number of rotatable bonds is 5. The number of hydrogen-bond acceptors (Lipinski definition) is 4. The largest absolute Gasteiger partial charge is 0.381 e. The van der Waals surface area contributed by atoms with Gasteiger partial charge in [0.1, 0.15) is 0 Å². The molecule has 0 aliphatic heterocycles. The van der Waals surface area contributed by atoms with E-state index in [9.17, 15) is 14.9 Å². The van der Waals surface area contributed by atoms with E-state index in [4.69, 9.17) is 17.3 Å². The second kappa shape index (κ2) is 6.23. The molecule has 3 N–H and O–H groups in total. The molecule has 21 heavy (non-hydrogen) atoms. The maximum Gasteiger partial charge on any atom is 0.269 e. The number of benzene rings is 2. The number of nitrogens with zero attached hydrogens (tertiary/aromatic N) is 1. The first kappa shape index (κ1) is 14.8. The number of carbonyl (C=O) groups excluding carboxylic acids is 1. The van der Waals surface area contributed by atoms with Crippen LogP contribution < -0.4 is 11.1 Å². The number of carbonyl (C=O) groups is 1. The lowest BCUT2D eigenvalue weighted by Crippen LogP contribution is -2.11. The Morgan fingerprint density at radius 2 is 2.05 bits per heavy atom. The maximum absolute atomic E-state index is 11.1. The van der Waals surface area contributed by atoms with Gasteiger partial charge in [-0.2, -0.15) is 0 Å². The van der Waals surface area contributed by atoms with Gasteiger partial charge < -0.3 is 11.1 Å². The van der Waals surface area contributed by atoms with Gasteiger partial charge in [-0.1, -0.05) is 23.7 Å². The van der Waals surface area contributed by atoms with Crippen molar-refractivity contribution in [1.82, 2.24) is 0 Å². The fourth-order valence-electron chi connectivity index (χ4n) is 1.81. The van der Waals surface area contributed by atoms with Gasteiger partial charge in [0, 0.05) is 24.4 Å². The van der Waals surface area contributed by atoms with Crippen molar-refractivity contribution >= 4 is 28.9 Å². The lowest BCUT2D eigenvalue weighted by molar-refractivity contribution is -0.384. The Morgan fingerprint density at radius 3 is 2.67 bits per heavy atom. The van der Waals surface area contributed by atoms with Crippen molar-refractivity contribution < 1.29 is 9.72 Å². The van der Waals surface area contributed by atoms with Gasteiger partial charge in [0.25, 0.3) is 5.69 Å². The highest BCUT2D eigenvalue weighted by Gasteiger charge is 2.08. The number of halogens is 1. The zero-order valence-corrected chi connectivity index (χ0v) is 11.6. The van der Waals surface area contributed by atoms with Crippen molar-refractivity contribution in [1.29, 1.82) is 0 Å². The number of amides is 1. The molecule has 1 amide bonds. The number of nitrogens with two attached hydrogens (primary N) is 1. The minimum Gasteiger partial charge on any atom is -0.381 e. The highest BCUT2D eigenvalue weighted by Crippen LogP contribution is 2.21. The van der Waals surface area contributed by atoms with Crippen LogP contribution in [-0.2, 0) is 6.54 Å². The molecular formula is C14H12ClN3O3. The lowest BCUT2D eigenvalue weighted by atomic mass is 10.1. The Balaban J connectivity index is 2.10. The Hall–Kier alpha value is -2.60. The van der Waals surface area contributed by atoms with Crippen LogP contribution in [-0.4, -0.2) is 10.8 Å². The molecule has 0 fully saturated rings. The van der Waals surface area contributed by atoms with Gasteiger partial charge in [-0.15, -0.1) is 0 Å². The summed E-state index contributed by atoms with van der Waals surface area (Å²) in [6.45, 7) is 0.397. The van der Waals surface area contributed by atoms with Gasteiger partial charge in [0.15, 0.2) is 0 Å². The molecule has 0 aliphatic carbocycles. The van der Waals surface area contributed by atoms with Crippen LogP contribution in [0.15, 0.2) is 42.5 Å². The average molecular weight is 306 g/mol. The number of non-ortho nitro benzene ring substituents is 1. The first-order chi connectivity index (χ1) is 9.97. The number of nitro groups is 1. The summed E-state index contributed by atoms with van der Waals surface area (Å²) in [5.41, 5.74) is 6.91. The van der Waals surface area contributed by atoms with Crippen LogP contribution in [0.3, 0.4) is 0 Å². The number of nitro benzene ring substituents is 1. The average Bonchev–Trinajstić information content (AvgIpc) is 2.45. The van der Waals surface area contributed by atoms with Crippen molar-refractivity contribution in [2.45, 2.75) is 6.54 Å². The highest BCUT2D eigenvalue weighted by atomic mass is 35.5. The Morgan fingerprint density at radius 1 is 1.29 bits per heavy atom. The topological polar surface area (TPSA) is 98.3 Å². The van der Waals surface area contributed by atoms with Gasteiger partial charge in [-0.3, -0.25) is 14.9 Å². The summed E-state index contributed by atoms with van der Waals surface area (Å²) >= 11 is 5.94. The third-order valence-corrected chi connectivity index (χ3v) is 3.17. The van der Waals surface area contributed by atoms with Crippen LogP contribution in [0.25, 0.3) is 0 Å². The normalized spacial score (nSPS) is 10.1. The fraction of sp³-hybridized carbons (Fsp3) is 0.0714. The number of primary amides is 1. The summed E-state index contributed by atoms with van der Waals surface area (Å²) in [6, 6.07) is 11.1. The summed E-state index contributed by atoms with van der Waals surface area (Å²) in [6.07, 6.45) is 0. The van der Waals surface area contributed by atoms with Crippen LogP contribution in [0.4, 0.5) is 11.4 Å². The van der Waals surface area contributed by atoms with E-state index in [1.165, 1.54) is 18.2 Å². The maximum atomic E-state index is 11.1. The van der Waals surface area contributed by atoms with E-state index in [2.05, 4.69) is 5.32 Å². The van der Waals surface area contributed by atoms with Crippen LogP contribution in [0, 0.1) is 10.1 Å². The zero-order chi connectivity index (χ0) is 15.4. The first-order valence-corrected chi connectivity index (χ1v) is 6.42. The molecule has 2 rings (SSSR count). The molecule has 0 unspecified atom stereocenters. The molecule has 0 saturated heterocycles. The van der Waals surface area contributed by atoms with Gasteiger partial charge in [-0.25, -0.2) is 0 Å². The first-order valence-electron chi connectivity index (χ1n) is 6.04. The van der Waals surface area contributed by atoms with Crippen molar-refractivity contribution in [2.75, 3.05) is 5.32 Å². The van der Waals surface area contributed by atoms with E-state index < -0.39 is 10.8 Å². The molecule has 0 saturated carbocycles. The number of nitrogens with one attached hydrogen (secondary N) is 1. The lowest BCUT2D eigenvalue weighted by Gasteiger charge is -2.08. The zero-order valence-electron chi connectivity index (χ0n) is 10.9. The molecule has 0 radical (unpaired) electrons. The molecule has 0 spiro atoms. The quantitative estimate of drug-likeness (QED) is 0.655. The molecule has 7 heteroatoms. The molecule has 0 aliphatic rings. The van der Waals surface area contributed by atoms with E-state index in [-0.39, 0.29) is 16.3 Å². The summed E-state index contributed by atoms with van der Waals surface area (Å²) < 4.78 is 0. The minimum atomic E-state index is -0.592. The van der Waals surface area contributed by atoms with Gasteiger partial charge >= 0.3 is 0 Å². The van der Waals surface area contributed by atoms with E-state index in [0.29, 0.717) is 12.2 Å². The summed E-state index contributed by atoms with van der Waals surface area (Å²) in [7, 11) is 0. The van der Waals surface area contributed by atoms with Crippen molar-refractivity contribution in [3.05, 3.63) is 68.7 Å². The van der Waals surface area contributed by atoms with Gasteiger partial charge in [0.2, 0.25) is 5.91 Å². The molecule has 2 aromatic rings. The molecule has 2 aromatic carbocycles. The second-order valence-electron chi connectivity index (χ2n) is 4.34. The standard InChI is InChI=1S/C14H12ClN3O3/c15-13-7-10(4-5-12(13)14(16)19)17-8-9-2-1-3-11(6-9)18(20)21/h1-7,17H,8H2,(H2,16,19). The summed E-state index contributed by atoms with van der Waals surface area (Å²) in [5.74, 6) is -0.592. The molecule has 0 heterocycles. The molecule has 0 bridgehead atoms. The van der Waals surface area contributed by atoms with E-state index >= 15 is 0 Å². The molecule has 0 aromatic heterocycles. The van der Waals surface area contributed by atoms with Crippen LogP contribution in [0.5, 0.6) is 0 Å².